The second kappa shape index (κ2) is 54.4. The van der Waals surface area contributed by atoms with Crippen molar-refractivity contribution in [3.8, 4) is 0 Å². The number of unbranched alkanes of at least 4 members (excludes halogenated alkanes) is 27. The monoisotopic (exact) mass is 1030 g/mol. The van der Waals surface area contributed by atoms with E-state index >= 15 is 0 Å². The molecule has 72 heavy (non-hydrogen) atoms. The SMILES string of the molecule is CC/C=C\C/C=C\C/C=C\CCCCCC(=O)OC(CO)COP(=O)(O)OCC(COC(=O)CCCCCCC/C=C\C/C=C\CCCCC)OC(=O)CCCCCCCCCCCCCCCCCCC. The van der Waals surface area contributed by atoms with Crippen molar-refractivity contribution in [3.05, 3.63) is 60.8 Å². The van der Waals surface area contributed by atoms with Crippen LogP contribution in [0.3, 0.4) is 0 Å². The molecule has 2 N–H and O–H groups in total. The van der Waals surface area contributed by atoms with E-state index in [0.717, 1.165) is 103 Å². The molecule has 0 aromatic carbocycles. The number of rotatable bonds is 54. The third-order valence-electron chi connectivity index (χ3n) is 12.4. The van der Waals surface area contributed by atoms with Crippen LogP contribution < -0.4 is 0 Å². The van der Waals surface area contributed by atoms with Gasteiger partial charge < -0.3 is 24.2 Å². The maximum absolute atomic E-state index is 12.9. The van der Waals surface area contributed by atoms with Gasteiger partial charge in [0.2, 0.25) is 0 Å². The first-order valence-corrected chi connectivity index (χ1v) is 30.7. The third kappa shape index (κ3) is 52.1. The van der Waals surface area contributed by atoms with Gasteiger partial charge in [-0.3, -0.25) is 23.4 Å². The molecule has 0 amide bonds. The Morgan fingerprint density at radius 1 is 0.403 bits per heavy atom. The molecule has 0 heterocycles. The zero-order valence-electron chi connectivity index (χ0n) is 46.1. The smallest absolute Gasteiger partial charge is 0.462 e. The number of phosphoric acid groups is 1. The standard InChI is InChI=1S/C60H107O11P/c1-4-7-10-13-16-19-22-25-27-28-30-33-36-39-42-45-48-51-60(64)71-57(53-67-58(62)49-46-43-40-37-34-32-29-26-23-20-17-14-11-8-5-2)55-69-72(65,66)68-54-56(52-61)70-59(63)50-47-44-41-38-35-31-24-21-18-15-12-9-6-3/h9,12,17-18,20-21,26,29,31,35,56-57,61H,4-8,10-11,13-16,19,22-25,27-28,30,32-34,36-55H2,1-3H3,(H,65,66)/b12-9-,20-17-,21-18-,29-26-,35-31-. The molecule has 0 rings (SSSR count). The van der Waals surface area contributed by atoms with E-state index in [1.165, 1.54) is 103 Å². The normalized spacial score (nSPS) is 13.8. The van der Waals surface area contributed by atoms with Crippen molar-refractivity contribution in [3.63, 3.8) is 0 Å². The lowest BCUT2D eigenvalue weighted by molar-refractivity contribution is -0.161. The first kappa shape index (κ1) is 69.2. The van der Waals surface area contributed by atoms with Gasteiger partial charge in [-0.25, -0.2) is 4.57 Å². The molecular weight excluding hydrogens is 928 g/mol. The average Bonchev–Trinajstić information content (AvgIpc) is 3.37. The van der Waals surface area contributed by atoms with Crippen molar-refractivity contribution in [1.82, 2.24) is 0 Å². The number of carbonyl (C=O) groups is 3. The number of esters is 3. The van der Waals surface area contributed by atoms with Crippen molar-refractivity contribution in [1.29, 1.82) is 0 Å². The maximum Gasteiger partial charge on any atom is 0.472 e. The third-order valence-corrected chi connectivity index (χ3v) is 13.4. The average molecular weight is 1040 g/mol. The number of hydrogen-bond acceptors (Lipinski definition) is 10. The van der Waals surface area contributed by atoms with Gasteiger partial charge in [-0.2, -0.15) is 0 Å². The van der Waals surface area contributed by atoms with Gasteiger partial charge >= 0.3 is 25.7 Å². The van der Waals surface area contributed by atoms with Crippen molar-refractivity contribution >= 4 is 25.7 Å². The molecule has 0 aliphatic carbocycles. The summed E-state index contributed by atoms with van der Waals surface area (Å²) in [6.45, 7) is 4.48. The highest BCUT2D eigenvalue weighted by Gasteiger charge is 2.28. The second-order valence-electron chi connectivity index (χ2n) is 19.4. The molecule has 0 aromatic heterocycles. The molecule has 0 saturated heterocycles. The van der Waals surface area contributed by atoms with Crippen LogP contribution in [0.4, 0.5) is 0 Å². The highest BCUT2D eigenvalue weighted by Crippen LogP contribution is 2.43. The maximum atomic E-state index is 12.9. The minimum Gasteiger partial charge on any atom is -0.462 e. The predicted molar refractivity (Wildman–Crippen MR) is 298 cm³/mol. The molecule has 3 atom stereocenters. The molecule has 12 heteroatoms. The van der Waals surface area contributed by atoms with Crippen LogP contribution in [-0.4, -0.2) is 66.5 Å². The number of phosphoric ester groups is 1. The minimum absolute atomic E-state index is 0.141. The lowest BCUT2D eigenvalue weighted by Gasteiger charge is -2.21. The number of hydrogen-bond donors (Lipinski definition) is 2. The number of aliphatic hydroxyl groups excluding tert-OH is 1. The number of allylic oxidation sites excluding steroid dienone is 10. The quantitative estimate of drug-likeness (QED) is 0.0197. The van der Waals surface area contributed by atoms with E-state index in [9.17, 15) is 28.9 Å². The summed E-state index contributed by atoms with van der Waals surface area (Å²) in [6, 6.07) is 0. The van der Waals surface area contributed by atoms with Crippen LogP contribution in [0.15, 0.2) is 60.8 Å². The van der Waals surface area contributed by atoms with Crippen LogP contribution in [-0.2, 0) is 42.2 Å². The van der Waals surface area contributed by atoms with E-state index in [1.54, 1.807) is 0 Å². The van der Waals surface area contributed by atoms with Crippen LogP contribution in [0.2, 0.25) is 0 Å². The zero-order chi connectivity index (χ0) is 52.7. The number of ether oxygens (including phenoxy) is 3. The predicted octanol–water partition coefficient (Wildman–Crippen LogP) is 17.1. The van der Waals surface area contributed by atoms with Crippen molar-refractivity contribution in [2.24, 2.45) is 0 Å². The van der Waals surface area contributed by atoms with Gasteiger partial charge in [0.15, 0.2) is 6.10 Å². The highest BCUT2D eigenvalue weighted by molar-refractivity contribution is 7.47. The molecule has 0 radical (unpaired) electrons. The van der Waals surface area contributed by atoms with Gasteiger partial charge in [-0.1, -0.05) is 223 Å². The Bertz CT molecular complexity index is 1440. The zero-order valence-corrected chi connectivity index (χ0v) is 47.0. The van der Waals surface area contributed by atoms with Crippen molar-refractivity contribution in [2.75, 3.05) is 26.4 Å². The number of carbonyl (C=O) groups excluding carboxylic acids is 3. The molecule has 0 aliphatic rings. The molecule has 0 bridgehead atoms. The van der Waals surface area contributed by atoms with Gasteiger partial charge in [0.1, 0.15) is 12.7 Å². The van der Waals surface area contributed by atoms with E-state index in [1.807, 2.05) is 0 Å². The summed E-state index contributed by atoms with van der Waals surface area (Å²) in [7, 11) is -4.76. The fourth-order valence-corrected chi connectivity index (χ4v) is 8.77. The molecule has 0 aliphatic heterocycles. The second-order valence-corrected chi connectivity index (χ2v) is 20.9. The van der Waals surface area contributed by atoms with E-state index in [4.69, 9.17) is 23.3 Å². The summed E-state index contributed by atoms with van der Waals surface area (Å²) in [6.07, 6.45) is 58.9. The van der Waals surface area contributed by atoms with E-state index in [2.05, 4.69) is 81.5 Å². The molecule has 0 fully saturated rings. The van der Waals surface area contributed by atoms with Crippen LogP contribution in [0.25, 0.3) is 0 Å². The summed E-state index contributed by atoms with van der Waals surface area (Å²) in [5, 5.41) is 9.80. The van der Waals surface area contributed by atoms with Crippen LogP contribution in [0, 0.1) is 0 Å². The first-order chi connectivity index (χ1) is 35.2. The fourth-order valence-electron chi connectivity index (χ4n) is 7.99. The van der Waals surface area contributed by atoms with Crippen molar-refractivity contribution < 1.29 is 52.2 Å². The Labute approximate surface area is 440 Å². The molecule has 0 spiro atoms. The Hall–Kier alpha value is -2.82. The summed E-state index contributed by atoms with van der Waals surface area (Å²) < 4.78 is 39.5. The Balaban J connectivity index is 4.75. The van der Waals surface area contributed by atoms with Crippen LogP contribution >= 0.6 is 7.82 Å². The topological polar surface area (TPSA) is 155 Å². The van der Waals surface area contributed by atoms with E-state index < -0.39 is 57.8 Å². The van der Waals surface area contributed by atoms with Gasteiger partial charge in [0.05, 0.1) is 19.8 Å². The summed E-state index contributed by atoms with van der Waals surface area (Å²) in [5.41, 5.74) is 0. The fraction of sp³-hybridized carbons (Fsp3) is 0.783. The van der Waals surface area contributed by atoms with Crippen LogP contribution in [0.5, 0.6) is 0 Å². The van der Waals surface area contributed by atoms with Crippen LogP contribution in [0.1, 0.15) is 265 Å². The van der Waals surface area contributed by atoms with E-state index in [0.29, 0.717) is 19.3 Å². The molecular formula is C60H107O11P. The summed E-state index contributed by atoms with van der Waals surface area (Å²) >= 11 is 0. The minimum atomic E-state index is -4.76. The molecule has 3 unspecified atom stereocenters. The van der Waals surface area contributed by atoms with Gasteiger partial charge in [-0.05, 0) is 83.5 Å². The molecule has 0 aromatic rings. The Kier molecular flexibility index (Phi) is 52.3. The lowest BCUT2D eigenvalue weighted by Crippen LogP contribution is -2.30. The molecule has 11 nitrogen and oxygen atoms in total. The van der Waals surface area contributed by atoms with Gasteiger partial charge in [-0.15, -0.1) is 0 Å². The largest absolute Gasteiger partial charge is 0.472 e. The van der Waals surface area contributed by atoms with Gasteiger partial charge in [0, 0.05) is 19.3 Å². The first-order valence-electron chi connectivity index (χ1n) is 29.2. The van der Waals surface area contributed by atoms with E-state index in [-0.39, 0.29) is 25.9 Å². The highest BCUT2D eigenvalue weighted by atomic mass is 31.2. The summed E-state index contributed by atoms with van der Waals surface area (Å²) in [5.74, 6) is -1.50. The number of aliphatic hydroxyl groups is 1. The van der Waals surface area contributed by atoms with Crippen molar-refractivity contribution in [2.45, 2.75) is 277 Å². The Morgan fingerprint density at radius 2 is 0.722 bits per heavy atom. The molecule has 418 valence electrons. The summed E-state index contributed by atoms with van der Waals surface area (Å²) in [4.78, 5) is 48.5. The lowest BCUT2D eigenvalue weighted by atomic mass is 10.0. The van der Waals surface area contributed by atoms with Gasteiger partial charge in [0.25, 0.3) is 0 Å². The Morgan fingerprint density at radius 3 is 1.15 bits per heavy atom. The molecule has 0 saturated carbocycles.